The minimum absolute atomic E-state index is 0.581. The summed E-state index contributed by atoms with van der Waals surface area (Å²) in [7, 11) is 0. The van der Waals surface area contributed by atoms with Crippen LogP contribution in [0.5, 0.6) is 0 Å². The molecule has 1 saturated heterocycles. The SMILES string of the molecule is OC[C@H]1O[C@@H](O)C(F)[C@@H](O)[C@@H]1O. The van der Waals surface area contributed by atoms with Crippen LogP contribution in [0.15, 0.2) is 0 Å². The van der Waals surface area contributed by atoms with Gasteiger partial charge in [-0.1, -0.05) is 0 Å². The quantitative estimate of drug-likeness (QED) is 0.368. The van der Waals surface area contributed by atoms with Gasteiger partial charge in [0.05, 0.1) is 6.61 Å². The zero-order chi connectivity index (χ0) is 9.30. The van der Waals surface area contributed by atoms with E-state index in [1.54, 1.807) is 0 Å². The van der Waals surface area contributed by atoms with Crippen LogP contribution in [-0.2, 0) is 4.74 Å². The second-order valence-corrected chi connectivity index (χ2v) is 2.67. The predicted molar refractivity (Wildman–Crippen MR) is 34.9 cm³/mol. The van der Waals surface area contributed by atoms with Crippen molar-refractivity contribution in [3.05, 3.63) is 0 Å². The monoisotopic (exact) mass is 182 g/mol. The highest BCUT2D eigenvalue weighted by atomic mass is 19.1. The molecule has 1 unspecified atom stereocenters. The molecule has 0 aromatic heterocycles. The van der Waals surface area contributed by atoms with Crippen LogP contribution in [0.4, 0.5) is 4.39 Å². The first-order chi connectivity index (χ1) is 5.57. The topological polar surface area (TPSA) is 90.2 Å². The molecule has 1 aliphatic rings. The highest BCUT2D eigenvalue weighted by Crippen LogP contribution is 2.21. The summed E-state index contributed by atoms with van der Waals surface area (Å²) in [4.78, 5) is 0. The minimum Gasteiger partial charge on any atom is -0.394 e. The van der Waals surface area contributed by atoms with Crippen molar-refractivity contribution in [2.75, 3.05) is 6.61 Å². The molecule has 0 amide bonds. The number of aliphatic hydroxyl groups excluding tert-OH is 4. The maximum absolute atomic E-state index is 12.7. The summed E-state index contributed by atoms with van der Waals surface area (Å²) in [5, 5.41) is 35.3. The molecule has 1 aliphatic heterocycles. The highest BCUT2D eigenvalue weighted by molar-refractivity contribution is 4.88. The molecule has 72 valence electrons. The Labute approximate surface area is 68.0 Å². The van der Waals surface area contributed by atoms with Crippen LogP contribution in [0.1, 0.15) is 0 Å². The Kier molecular flexibility index (Phi) is 2.97. The van der Waals surface area contributed by atoms with E-state index in [-0.39, 0.29) is 0 Å². The summed E-state index contributed by atoms with van der Waals surface area (Å²) in [6.45, 7) is -0.581. The Morgan fingerprint density at radius 3 is 2.25 bits per heavy atom. The molecule has 1 heterocycles. The van der Waals surface area contributed by atoms with Gasteiger partial charge in [0, 0.05) is 0 Å². The zero-order valence-electron chi connectivity index (χ0n) is 6.17. The van der Waals surface area contributed by atoms with Crippen molar-refractivity contribution in [1.82, 2.24) is 0 Å². The van der Waals surface area contributed by atoms with E-state index in [0.29, 0.717) is 0 Å². The van der Waals surface area contributed by atoms with Crippen LogP contribution in [0.2, 0.25) is 0 Å². The van der Waals surface area contributed by atoms with Gasteiger partial charge in [-0.2, -0.15) is 0 Å². The molecule has 5 nitrogen and oxygen atoms in total. The number of alkyl halides is 1. The second-order valence-electron chi connectivity index (χ2n) is 2.67. The van der Waals surface area contributed by atoms with Crippen LogP contribution in [0, 0.1) is 0 Å². The van der Waals surface area contributed by atoms with Crippen LogP contribution >= 0.6 is 0 Å². The summed E-state index contributed by atoms with van der Waals surface area (Å²) in [6, 6.07) is 0. The molecule has 1 fully saturated rings. The molecule has 0 aromatic carbocycles. The summed E-state index contributed by atoms with van der Waals surface area (Å²) in [5.74, 6) is 0. The van der Waals surface area contributed by atoms with Crippen molar-refractivity contribution < 1.29 is 29.6 Å². The molecule has 6 heteroatoms. The van der Waals surface area contributed by atoms with Gasteiger partial charge in [0.15, 0.2) is 12.5 Å². The smallest absolute Gasteiger partial charge is 0.189 e. The van der Waals surface area contributed by atoms with E-state index in [0.717, 1.165) is 0 Å². The van der Waals surface area contributed by atoms with Crippen molar-refractivity contribution in [3.63, 3.8) is 0 Å². The average molecular weight is 182 g/mol. The molecule has 12 heavy (non-hydrogen) atoms. The molecular weight excluding hydrogens is 171 g/mol. The van der Waals surface area contributed by atoms with E-state index in [1.165, 1.54) is 0 Å². The van der Waals surface area contributed by atoms with Crippen molar-refractivity contribution >= 4 is 0 Å². The summed E-state index contributed by atoms with van der Waals surface area (Å²) >= 11 is 0. The zero-order valence-corrected chi connectivity index (χ0v) is 6.17. The van der Waals surface area contributed by atoms with E-state index in [4.69, 9.17) is 20.4 Å². The fourth-order valence-electron chi connectivity index (χ4n) is 1.06. The average Bonchev–Trinajstić information content (AvgIpc) is 2.08. The lowest BCUT2D eigenvalue weighted by Crippen LogP contribution is -2.56. The normalized spacial score (nSPS) is 49.2. The molecule has 0 bridgehead atoms. The van der Waals surface area contributed by atoms with Crippen molar-refractivity contribution in [2.45, 2.75) is 30.8 Å². The Balaban J connectivity index is 2.63. The first-order valence-corrected chi connectivity index (χ1v) is 3.52. The minimum atomic E-state index is -2.04. The highest BCUT2D eigenvalue weighted by Gasteiger charge is 2.43. The first kappa shape index (κ1) is 9.82. The number of rotatable bonds is 1. The lowest BCUT2D eigenvalue weighted by atomic mass is 10.0. The number of hydrogen-bond donors (Lipinski definition) is 4. The molecule has 4 N–H and O–H groups in total. The molecule has 5 atom stereocenters. The van der Waals surface area contributed by atoms with Gasteiger partial charge in [0.1, 0.15) is 18.3 Å². The summed E-state index contributed by atoms with van der Waals surface area (Å²) in [5.41, 5.74) is 0. The Morgan fingerprint density at radius 2 is 1.75 bits per heavy atom. The summed E-state index contributed by atoms with van der Waals surface area (Å²) in [6.07, 6.45) is -8.19. The van der Waals surface area contributed by atoms with Gasteiger partial charge in [0.25, 0.3) is 0 Å². The van der Waals surface area contributed by atoms with E-state index in [1.807, 2.05) is 0 Å². The van der Waals surface area contributed by atoms with Gasteiger partial charge in [-0.25, -0.2) is 4.39 Å². The first-order valence-electron chi connectivity index (χ1n) is 3.52. The number of halogens is 1. The third kappa shape index (κ3) is 1.57. The van der Waals surface area contributed by atoms with Crippen LogP contribution < -0.4 is 0 Å². The maximum atomic E-state index is 12.7. The summed E-state index contributed by atoms with van der Waals surface area (Å²) < 4.78 is 17.1. The molecule has 1 rings (SSSR count). The molecule has 0 aromatic rings. The van der Waals surface area contributed by atoms with Crippen LogP contribution in [0.3, 0.4) is 0 Å². The number of aliphatic hydroxyl groups is 4. The van der Waals surface area contributed by atoms with Gasteiger partial charge in [0.2, 0.25) is 0 Å². The van der Waals surface area contributed by atoms with Gasteiger partial charge >= 0.3 is 0 Å². The second kappa shape index (κ2) is 3.63. The van der Waals surface area contributed by atoms with E-state index in [2.05, 4.69) is 4.74 Å². The fourth-order valence-corrected chi connectivity index (χ4v) is 1.06. The van der Waals surface area contributed by atoms with E-state index in [9.17, 15) is 4.39 Å². The molecule has 0 aliphatic carbocycles. The van der Waals surface area contributed by atoms with Crippen molar-refractivity contribution in [3.8, 4) is 0 Å². The number of hydrogen-bond acceptors (Lipinski definition) is 5. The van der Waals surface area contributed by atoms with Crippen molar-refractivity contribution in [1.29, 1.82) is 0 Å². The van der Waals surface area contributed by atoms with Gasteiger partial charge in [-0.3, -0.25) is 0 Å². The largest absolute Gasteiger partial charge is 0.394 e. The molecular formula is C6H11FO5. The predicted octanol–water partition coefficient (Wildman–Crippen LogP) is -2.24. The molecule has 0 radical (unpaired) electrons. The fraction of sp³-hybridized carbons (Fsp3) is 1.00. The lowest BCUT2D eigenvalue weighted by Gasteiger charge is -2.36. The number of ether oxygens (including phenoxy) is 1. The Hall–Kier alpha value is -0.270. The van der Waals surface area contributed by atoms with E-state index >= 15 is 0 Å². The third-order valence-electron chi connectivity index (χ3n) is 1.82. The van der Waals surface area contributed by atoms with Gasteiger partial charge < -0.3 is 25.2 Å². The van der Waals surface area contributed by atoms with Crippen LogP contribution in [-0.4, -0.2) is 57.8 Å². The van der Waals surface area contributed by atoms with Gasteiger partial charge in [-0.05, 0) is 0 Å². The van der Waals surface area contributed by atoms with Gasteiger partial charge in [-0.15, -0.1) is 0 Å². The van der Waals surface area contributed by atoms with E-state index < -0.39 is 37.4 Å². The lowest BCUT2D eigenvalue weighted by molar-refractivity contribution is -0.271. The standard InChI is InChI=1S/C6H11FO5/c7-3-5(10)4(9)2(1-8)12-6(3)11/h2-6,8-11H,1H2/t2-,3?,4-,5-,6-/m1/s1. The third-order valence-corrected chi connectivity index (χ3v) is 1.82. The van der Waals surface area contributed by atoms with Crippen LogP contribution in [0.25, 0.3) is 0 Å². The maximum Gasteiger partial charge on any atom is 0.189 e. The molecule has 0 spiro atoms. The Bertz CT molecular complexity index is 150. The van der Waals surface area contributed by atoms with Crippen molar-refractivity contribution in [2.24, 2.45) is 0 Å². The molecule has 0 saturated carbocycles. The Morgan fingerprint density at radius 1 is 1.17 bits per heavy atom.